The molecule has 0 spiro atoms. The summed E-state index contributed by atoms with van der Waals surface area (Å²) in [7, 11) is 0. The van der Waals surface area contributed by atoms with Gasteiger partial charge in [-0.3, -0.25) is 0 Å². The van der Waals surface area contributed by atoms with Gasteiger partial charge in [0, 0.05) is 29.4 Å². The molecule has 3 rings (SSSR count). The van der Waals surface area contributed by atoms with Crippen LogP contribution in [0.25, 0.3) is 10.8 Å². The van der Waals surface area contributed by atoms with Crippen LogP contribution in [0.5, 0.6) is 5.75 Å². The Hall–Kier alpha value is -1.74. The van der Waals surface area contributed by atoms with E-state index in [0.717, 1.165) is 27.6 Å². The molecule has 1 unspecified atom stereocenters. The lowest BCUT2D eigenvalue weighted by molar-refractivity contribution is 0.185. The first-order valence-corrected chi connectivity index (χ1v) is 5.83. The Morgan fingerprint density at radius 3 is 3.00 bits per heavy atom. The summed E-state index contributed by atoms with van der Waals surface area (Å²) in [5.74, 6) is 0.315. The molecule has 17 heavy (non-hydrogen) atoms. The van der Waals surface area contributed by atoms with Crippen molar-refractivity contribution in [3.63, 3.8) is 0 Å². The Morgan fingerprint density at radius 2 is 2.18 bits per heavy atom. The van der Waals surface area contributed by atoms with E-state index in [0.29, 0.717) is 18.7 Å². The monoisotopic (exact) mass is 229 g/mol. The molecule has 3 N–H and O–H groups in total. The number of rotatable bonds is 0. The van der Waals surface area contributed by atoms with E-state index in [1.54, 1.807) is 6.07 Å². The molecular weight excluding hydrogens is 214 g/mol. The molecule has 0 bridgehead atoms. The van der Waals surface area contributed by atoms with E-state index in [9.17, 15) is 10.2 Å². The molecule has 0 amide bonds. The summed E-state index contributed by atoms with van der Waals surface area (Å²) in [4.78, 5) is 0. The minimum Gasteiger partial charge on any atom is -0.507 e. The van der Waals surface area contributed by atoms with Crippen LogP contribution in [0, 0.1) is 6.92 Å². The van der Waals surface area contributed by atoms with Gasteiger partial charge in [-0.05, 0) is 24.1 Å². The second-order valence-electron chi connectivity index (χ2n) is 4.67. The number of nitrogens with one attached hydrogen (secondary N) is 1. The molecule has 3 heteroatoms. The predicted molar refractivity (Wildman–Crippen MR) is 68.6 cm³/mol. The topological polar surface area (TPSA) is 52.5 Å². The average Bonchev–Trinajstić information content (AvgIpc) is 2.28. The first kappa shape index (κ1) is 10.4. The zero-order valence-electron chi connectivity index (χ0n) is 9.70. The Morgan fingerprint density at radius 1 is 1.35 bits per heavy atom. The van der Waals surface area contributed by atoms with E-state index in [4.69, 9.17) is 0 Å². The van der Waals surface area contributed by atoms with E-state index in [1.807, 2.05) is 25.1 Å². The molecule has 3 nitrogen and oxygen atoms in total. The largest absolute Gasteiger partial charge is 0.507 e. The maximum Gasteiger partial charge on any atom is 0.123 e. The van der Waals surface area contributed by atoms with Crippen molar-refractivity contribution in [3.8, 4) is 5.75 Å². The van der Waals surface area contributed by atoms with Crippen LogP contribution in [0.3, 0.4) is 0 Å². The Kier molecular flexibility index (Phi) is 2.23. The number of hydrogen-bond donors (Lipinski definition) is 3. The third-order valence-electron chi connectivity index (χ3n) is 3.39. The highest BCUT2D eigenvalue weighted by Gasteiger charge is 2.19. The molecule has 1 aliphatic rings. The van der Waals surface area contributed by atoms with Gasteiger partial charge in [0.05, 0.1) is 6.10 Å². The third kappa shape index (κ3) is 1.54. The van der Waals surface area contributed by atoms with Crippen LogP contribution in [-0.4, -0.2) is 22.9 Å². The molecule has 1 aliphatic heterocycles. The number of aryl methyl sites for hydroxylation is 1. The normalized spacial score (nSPS) is 18.8. The highest BCUT2D eigenvalue weighted by Crippen LogP contribution is 2.37. The number of aliphatic hydroxyl groups excluding tert-OH is 1. The lowest BCUT2D eigenvalue weighted by Gasteiger charge is -2.25. The van der Waals surface area contributed by atoms with Crippen molar-refractivity contribution < 1.29 is 10.2 Å². The van der Waals surface area contributed by atoms with Crippen LogP contribution in [0.2, 0.25) is 0 Å². The standard InChI is InChI=1S/C14H15NO2/c1-8-5-9-6-10(16)7-15-14(9)11-3-2-4-12(17)13(8)11/h2-5,10,15-17H,6-7H2,1H3. The van der Waals surface area contributed by atoms with Crippen LogP contribution in [0.1, 0.15) is 11.1 Å². The number of hydrogen-bond acceptors (Lipinski definition) is 3. The molecule has 2 aromatic rings. The van der Waals surface area contributed by atoms with Crippen LogP contribution >= 0.6 is 0 Å². The number of β-amino-alcohol motifs (C(OH)–C–C–N with tert-alkyl or cyclic N) is 1. The zero-order chi connectivity index (χ0) is 12.0. The van der Waals surface area contributed by atoms with Crippen LogP contribution in [-0.2, 0) is 6.42 Å². The quantitative estimate of drug-likeness (QED) is 0.649. The van der Waals surface area contributed by atoms with Crippen molar-refractivity contribution in [2.24, 2.45) is 0 Å². The fraction of sp³-hybridized carbons (Fsp3) is 0.286. The summed E-state index contributed by atoms with van der Waals surface area (Å²) in [6.45, 7) is 2.56. The van der Waals surface area contributed by atoms with E-state index < -0.39 is 0 Å². The average molecular weight is 229 g/mol. The van der Waals surface area contributed by atoms with E-state index in [-0.39, 0.29) is 6.10 Å². The summed E-state index contributed by atoms with van der Waals surface area (Å²) in [6.07, 6.45) is 0.353. The van der Waals surface area contributed by atoms with Crippen molar-refractivity contribution in [2.45, 2.75) is 19.4 Å². The molecule has 1 heterocycles. The molecular formula is C14H15NO2. The van der Waals surface area contributed by atoms with Crippen LogP contribution in [0.15, 0.2) is 24.3 Å². The van der Waals surface area contributed by atoms with Gasteiger partial charge in [-0.25, -0.2) is 0 Å². The van der Waals surface area contributed by atoms with Gasteiger partial charge < -0.3 is 15.5 Å². The number of fused-ring (bicyclic) bond motifs is 3. The SMILES string of the molecule is Cc1cc2c(c3cccc(O)c13)NCC(O)C2. The summed E-state index contributed by atoms with van der Waals surface area (Å²) in [6, 6.07) is 7.61. The zero-order valence-corrected chi connectivity index (χ0v) is 9.70. The summed E-state index contributed by atoms with van der Waals surface area (Å²) in [5.41, 5.74) is 3.22. The first-order valence-electron chi connectivity index (χ1n) is 5.83. The fourth-order valence-electron chi connectivity index (χ4n) is 2.66. The van der Waals surface area contributed by atoms with Crippen molar-refractivity contribution in [1.82, 2.24) is 0 Å². The lowest BCUT2D eigenvalue weighted by atomic mass is 9.93. The molecule has 0 fully saturated rings. The van der Waals surface area contributed by atoms with Gasteiger partial charge in [0.15, 0.2) is 0 Å². The van der Waals surface area contributed by atoms with E-state index >= 15 is 0 Å². The van der Waals surface area contributed by atoms with Crippen LogP contribution in [0.4, 0.5) is 5.69 Å². The number of phenols is 1. The minimum atomic E-state index is -0.323. The highest BCUT2D eigenvalue weighted by molar-refractivity contribution is 6.01. The summed E-state index contributed by atoms with van der Waals surface area (Å²) >= 11 is 0. The number of aliphatic hydroxyl groups is 1. The maximum absolute atomic E-state index is 9.93. The second-order valence-corrected chi connectivity index (χ2v) is 4.67. The Labute approximate surface area is 99.7 Å². The molecule has 0 aliphatic carbocycles. The summed E-state index contributed by atoms with van der Waals surface area (Å²) < 4.78 is 0. The fourth-order valence-corrected chi connectivity index (χ4v) is 2.66. The number of benzene rings is 2. The molecule has 0 radical (unpaired) electrons. The van der Waals surface area contributed by atoms with Gasteiger partial charge in [0.25, 0.3) is 0 Å². The number of anilines is 1. The molecule has 0 saturated heterocycles. The highest BCUT2D eigenvalue weighted by atomic mass is 16.3. The van der Waals surface area contributed by atoms with Crippen molar-refractivity contribution in [1.29, 1.82) is 0 Å². The lowest BCUT2D eigenvalue weighted by Crippen LogP contribution is -2.27. The van der Waals surface area contributed by atoms with Crippen molar-refractivity contribution >= 4 is 16.5 Å². The maximum atomic E-state index is 9.93. The predicted octanol–water partition coefficient (Wildman–Crippen LogP) is 2.18. The smallest absolute Gasteiger partial charge is 0.123 e. The van der Waals surface area contributed by atoms with Gasteiger partial charge in [0.2, 0.25) is 0 Å². The first-order chi connectivity index (χ1) is 8.16. The third-order valence-corrected chi connectivity index (χ3v) is 3.39. The van der Waals surface area contributed by atoms with Crippen LogP contribution < -0.4 is 5.32 Å². The Balaban J connectivity index is 2.35. The van der Waals surface area contributed by atoms with Gasteiger partial charge in [-0.1, -0.05) is 18.2 Å². The van der Waals surface area contributed by atoms with Gasteiger partial charge in [-0.2, -0.15) is 0 Å². The van der Waals surface area contributed by atoms with Crippen molar-refractivity contribution in [3.05, 3.63) is 35.4 Å². The number of aromatic hydroxyl groups is 1. The Bertz CT molecular complexity index is 592. The molecule has 0 saturated carbocycles. The van der Waals surface area contributed by atoms with Gasteiger partial charge in [-0.15, -0.1) is 0 Å². The van der Waals surface area contributed by atoms with Crippen molar-refractivity contribution in [2.75, 3.05) is 11.9 Å². The molecule has 0 aromatic heterocycles. The number of phenolic OH excluding ortho intramolecular Hbond substituents is 1. The van der Waals surface area contributed by atoms with E-state index in [2.05, 4.69) is 5.32 Å². The van der Waals surface area contributed by atoms with E-state index in [1.165, 1.54) is 0 Å². The minimum absolute atomic E-state index is 0.315. The second kappa shape index (κ2) is 3.64. The molecule has 2 aromatic carbocycles. The summed E-state index contributed by atoms with van der Waals surface area (Å²) in [5, 5.41) is 24.8. The van der Waals surface area contributed by atoms with Gasteiger partial charge >= 0.3 is 0 Å². The molecule has 1 atom stereocenters. The van der Waals surface area contributed by atoms with Gasteiger partial charge in [0.1, 0.15) is 5.75 Å². The molecule has 88 valence electrons.